The van der Waals surface area contributed by atoms with Crippen LogP contribution in [-0.2, 0) is 11.3 Å². The molecule has 1 aliphatic heterocycles. The predicted molar refractivity (Wildman–Crippen MR) is 115 cm³/mol. The van der Waals surface area contributed by atoms with E-state index in [0.29, 0.717) is 29.6 Å². The summed E-state index contributed by atoms with van der Waals surface area (Å²) in [5.41, 5.74) is 1.18. The highest BCUT2D eigenvalue weighted by Crippen LogP contribution is 2.23. The molecule has 166 valence electrons. The van der Waals surface area contributed by atoms with Gasteiger partial charge < -0.3 is 24.6 Å². The summed E-state index contributed by atoms with van der Waals surface area (Å²) in [6.45, 7) is 2.46. The van der Waals surface area contributed by atoms with Crippen molar-refractivity contribution >= 4 is 11.8 Å². The zero-order chi connectivity index (χ0) is 22.5. The summed E-state index contributed by atoms with van der Waals surface area (Å²) in [4.78, 5) is 31.5. The number of rotatable bonds is 7. The molecule has 0 saturated carbocycles. The standard InChI is InChI=1S/C23H24N4O5/c1-2-31-18-10-6-9-16(11-18)23(30)27-14-17(28)12-19(27)21(29)24-13-20-25-22(32-26-20)15-7-4-3-5-8-15/h3-11,17,19,28H,2,12-14H2,1H3,(H,24,29)/t17-,19+/m1/s1. The van der Waals surface area contributed by atoms with Crippen LogP contribution >= 0.6 is 0 Å². The molecule has 1 saturated heterocycles. The first-order chi connectivity index (χ1) is 15.5. The maximum atomic E-state index is 13.0. The van der Waals surface area contributed by atoms with Crippen molar-refractivity contribution in [3.05, 3.63) is 66.0 Å². The first-order valence-electron chi connectivity index (χ1n) is 10.4. The molecule has 0 unspecified atom stereocenters. The molecular weight excluding hydrogens is 412 g/mol. The summed E-state index contributed by atoms with van der Waals surface area (Å²) < 4.78 is 10.7. The zero-order valence-electron chi connectivity index (χ0n) is 17.6. The molecule has 1 aromatic heterocycles. The lowest BCUT2D eigenvalue weighted by Gasteiger charge is -2.23. The monoisotopic (exact) mass is 436 g/mol. The van der Waals surface area contributed by atoms with E-state index in [1.54, 1.807) is 24.3 Å². The van der Waals surface area contributed by atoms with Gasteiger partial charge in [0.1, 0.15) is 11.8 Å². The summed E-state index contributed by atoms with van der Waals surface area (Å²) in [5.74, 6) is 0.525. The van der Waals surface area contributed by atoms with E-state index in [9.17, 15) is 14.7 Å². The zero-order valence-corrected chi connectivity index (χ0v) is 17.6. The topological polar surface area (TPSA) is 118 Å². The normalized spacial score (nSPS) is 17.9. The summed E-state index contributed by atoms with van der Waals surface area (Å²) in [5, 5.41) is 16.8. The summed E-state index contributed by atoms with van der Waals surface area (Å²) in [6, 6.07) is 15.3. The number of benzene rings is 2. The smallest absolute Gasteiger partial charge is 0.257 e. The molecule has 2 N–H and O–H groups in total. The minimum absolute atomic E-state index is 0.0453. The van der Waals surface area contributed by atoms with Gasteiger partial charge in [-0.3, -0.25) is 9.59 Å². The molecule has 1 fully saturated rings. The predicted octanol–water partition coefficient (Wildman–Crippen LogP) is 2.03. The molecule has 9 nitrogen and oxygen atoms in total. The van der Waals surface area contributed by atoms with Crippen molar-refractivity contribution in [3.63, 3.8) is 0 Å². The fourth-order valence-electron chi connectivity index (χ4n) is 3.65. The van der Waals surface area contributed by atoms with E-state index < -0.39 is 12.1 Å². The number of nitrogens with zero attached hydrogens (tertiary/aromatic N) is 3. The number of carbonyl (C=O) groups excluding carboxylic acids is 2. The maximum absolute atomic E-state index is 13.0. The minimum Gasteiger partial charge on any atom is -0.494 e. The van der Waals surface area contributed by atoms with E-state index in [1.807, 2.05) is 37.3 Å². The SMILES string of the molecule is CCOc1cccc(C(=O)N2C[C@H](O)C[C@H]2C(=O)NCc2noc(-c3ccccc3)n2)c1. The lowest BCUT2D eigenvalue weighted by atomic mass is 10.1. The number of aliphatic hydroxyl groups excluding tert-OH is 1. The minimum atomic E-state index is -0.797. The average Bonchev–Trinajstić information content (AvgIpc) is 3.45. The molecule has 4 rings (SSSR count). The van der Waals surface area contributed by atoms with Gasteiger partial charge in [-0.2, -0.15) is 4.98 Å². The van der Waals surface area contributed by atoms with Crippen LogP contribution in [0.3, 0.4) is 0 Å². The molecule has 0 bridgehead atoms. The summed E-state index contributed by atoms with van der Waals surface area (Å²) in [6.07, 6.45) is -0.621. The number of ether oxygens (including phenoxy) is 1. The van der Waals surface area contributed by atoms with Gasteiger partial charge in [-0.05, 0) is 37.3 Å². The second-order valence-corrected chi connectivity index (χ2v) is 7.42. The van der Waals surface area contributed by atoms with Crippen LogP contribution in [0.2, 0.25) is 0 Å². The molecule has 0 spiro atoms. The molecule has 9 heteroatoms. The van der Waals surface area contributed by atoms with E-state index in [0.717, 1.165) is 5.56 Å². The Morgan fingerprint density at radius 2 is 2.03 bits per heavy atom. The number of β-amino-alcohol motifs (C(OH)–C–C–N with tert-alkyl or cyclic N) is 1. The van der Waals surface area contributed by atoms with Crippen molar-refractivity contribution in [1.29, 1.82) is 0 Å². The van der Waals surface area contributed by atoms with Crippen molar-refractivity contribution < 1.29 is 24.0 Å². The second kappa shape index (κ2) is 9.61. The lowest BCUT2D eigenvalue weighted by molar-refractivity contribution is -0.125. The molecule has 0 aliphatic carbocycles. The van der Waals surface area contributed by atoms with Crippen LogP contribution < -0.4 is 10.1 Å². The van der Waals surface area contributed by atoms with Gasteiger partial charge >= 0.3 is 0 Å². The van der Waals surface area contributed by atoms with Crippen molar-refractivity contribution in [2.24, 2.45) is 0 Å². The third-order valence-electron chi connectivity index (χ3n) is 5.14. The maximum Gasteiger partial charge on any atom is 0.257 e. The van der Waals surface area contributed by atoms with Gasteiger partial charge in [0.05, 0.1) is 19.3 Å². The molecule has 1 aliphatic rings. The molecule has 2 aromatic carbocycles. The summed E-state index contributed by atoms with van der Waals surface area (Å²) >= 11 is 0. The van der Waals surface area contributed by atoms with E-state index in [1.165, 1.54) is 4.90 Å². The molecule has 2 heterocycles. The Morgan fingerprint density at radius 3 is 2.81 bits per heavy atom. The fraction of sp³-hybridized carbons (Fsp3) is 0.304. The number of nitrogens with one attached hydrogen (secondary N) is 1. The van der Waals surface area contributed by atoms with Crippen LogP contribution in [-0.4, -0.2) is 57.3 Å². The largest absolute Gasteiger partial charge is 0.494 e. The Balaban J connectivity index is 1.42. The van der Waals surface area contributed by atoms with Crippen LogP contribution in [0, 0.1) is 0 Å². The Hall–Kier alpha value is -3.72. The van der Waals surface area contributed by atoms with Crippen LogP contribution in [0.25, 0.3) is 11.5 Å². The highest BCUT2D eigenvalue weighted by atomic mass is 16.5. The quantitative estimate of drug-likeness (QED) is 0.582. The molecule has 32 heavy (non-hydrogen) atoms. The number of aromatic nitrogens is 2. The molecule has 0 radical (unpaired) electrons. The number of amides is 2. The average molecular weight is 436 g/mol. The van der Waals surface area contributed by atoms with Gasteiger partial charge in [0.25, 0.3) is 11.8 Å². The summed E-state index contributed by atoms with van der Waals surface area (Å²) in [7, 11) is 0. The van der Waals surface area contributed by atoms with Gasteiger partial charge in [0.2, 0.25) is 5.91 Å². The number of hydrogen-bond donors (Lipinski definition) is 2. The Kier molecular flexibility index (Phi) is 6.46. The van der Waals surface area contributed by atoms with Crippen LogP contribution in [0.15, 0.2) is 59.1 Å². The number of likely N-dealkylation sites (tertiary alicyclic amines) is 1. The van der Waals surface area contributed by atoms with Gasteiger partial charge in [-0.15, -0.1) is 0 Å². The number of aliphatic hydroxyl groups is 1. The third kappa shape index (κ3) is 4.78. The Bertz CT molecular complexity index is 1080. The van der Waals surface area contributed by atoms with Gasteiger partial charge in [0.15, 0.2) is 5.82 Å². The van der Waals surface area contributed by atoms with Crippen molar-refractivity contribution in [3.8, 4) is 17.2 Å². The van der Waals surface area contributed by atoms with Crippen molar-refractivity contribution in [1.82, 2.24) is 20.4 Å². The Morgan fingerprint density at radius 1 is 1.22 bits per heavy atom. The first-order valence-corrected chi connectivity index (χ1v) is 10.4. The molecule has 2 amide bonds. The van der Waals surface area contributed by atoms with E-state index >= 15 is 0 Å². The molecule has 3 aromatic rings. The van der Waals surface area contributed by atoms with E-state index in [4.69, 9.17) is 9.26 Å². The molecular formula is C23H24N4O5. The second-order valence-electron chi connectivity index (χ2n) is 7.42. The highest BCUT2D eigenvalue weighted by molar-refractivity contribution is 5.98. The number of carbonyl (C=O) groups is 2. The van der Waals surface area contributed by atoms with Gasteiger partial charge in [-0.25, -0.2) is 0 Å². The van der Waals surface area contributed by atoms with Crippen molar-refractivity contribution in [2.75, 3.05) is 13.2 Å². The van der Waals surface area contributed by atoms with Crippen LogP contribution in [0.1, 0.15) is 29.5 Å². The first kappa shape index (κ1) is 21.5. The van der Waals surface area contributed by atoms with Crippen LogP contribution in [0.5, 0.6) is 5.75 Å². The van der Waals surface area contributed by atoms with E-state index in [-0.39, 0.29) is 31.3 Å². The fourth-order valence-corrected chi connectivity index (χ4v) is 3.65. The van der Waals surface area contributed by atoms with Crippen LogP contribution in [0.4, 0.5) is 0 Å². The Labute approximate surface area is 185 Å². The molecule has 2 atom stereocenters. The van der Waals surface area contributed by atoms with E-state index in [2.05, 4.69) is 15.5 Å². The van der Waals surface area contributed by atoms with Crippen molar-refractivity contribution in [2.45, 2.75) is 32.0 Å². The number of hydrogen-bond acceptors (Lipinski definition) is 7. The lowest BCUT2D eigenvalue weighted by Crippen LogP contribution is -2.45. The van der Waals surface area contributed by atoms with Gasteiger partial charge in [-0.1, -0.05) is 29.4 Å². The third-order valence-corrected chi connectivity index (χ3v) is 5.14. The highest BCUT2D eigenvalue weighted by Gasteiger charge is 2.39. The van der Waals surface area contributed by atoms with Gasteiger partial charge in [0, 0.05) is 24.1 Å².